The van der Waals surface area contributed by atoms with Crippen molar-refractivity contribution in [3.63, 3.8) is 0 Å². The number of nitrogens with zero attached hydrogens (tertiary/aromatic N) is 2. The van der Waals surface area contributed by atoms with E-state index in [-0.39, 0.29) is 11.8 Å². The summed E-state index contributed by atoms with van der Waals surface area (Å²) in [7, 11) is 0. The third-order valence-electron chi connectivity index (χ3n) is 4.30. The summed E-state index contributed by atoms with van der Waals surface area (Å²) in [6.07, 6.45) is 0. The normalized spacial score (nSPS) is 15.2. The summed E-state index contributed by atoms with van der Waals surface area (Å²) >= 11 is 7.54. The molecule has 3 rings (SSSR count). The highest BCUT2D eigenvalue weighted by molar-refractivity contribution is 7.12. The smallest absolute Gasteiger partial charge is 0.264 e. The van der Waals surface area contributed by atoms with E-state index in [1.807, 2.05) is 41.5 Å². The second kappa shape index (κ2) is 7.99. The first kappa shape index (κ1) is 17.9. The molecule has 2 aromatic rings. The number of nitrogens with one attached hydrogen (secondary N) is 1. The fraction of sp³-hybridized carbons (Fsp3) is 0.333. The van der Waals surface area contributed by atoms with Crippen molar-refractivity contribution >= 4 is 40.4 Å². The summed E-state index contributed by atoms with van der Waals surface area (Å²) in [4.78, 5) is 29.3. The molecule has 0 spiro atoms. The minimum absolute atomic E-state index is 0.0663. The van der Waals surface area contributed by atoms with Gasteiger partial charge in [0.1, 0.15) is 0 Å². The van der Waals surface area contributed by atoms with Crippen LogP contribution in [-0.4, -0.2) is 54.3 Å². The van der Waals surface area contributed by atoms with E-state index in [2.05, 4.69) is 10.2 Å². The molecule has 1 saturated heterocycles. The van der Waals surface area contributed by atoms with Gasteiger partial charge in [-0.1, -0.05) is 23.7 Å². The average Bonchev–Trinajstić information content (AvgIpc) is 3.13. The van der Waals surface area contributed by atoms with Crippen LogP contribution in [0.1, 0.15) is 15.2 Å². The molecule has 1 aliphatic heterocycles. The maximum atomic E-state index is 12.3. The zero-order valence-electron chi connectivity index (χ0n) is 14.0. The number of carbonyl (C=O) groups is 2. The highest BCUT2D eigenvalue weighted by Crippen LogP contribution is 2.23. The van der Waals surface area contributed by atoms with Gasteiger partial charge in [-0.25, -0.2) is 0 Å². The van der Waals surface area contributed by atoms with Gasteiger partial charge < -0.3 is 10.2 Å². The van der Waals surface area contributed by atoms with Gasteiger partial charge in [0.15, 0.2) is 0 Å². The number of halogens is 1. The fourth-order valence-electron chi connectivity index (χ4n) is 2.80. The molecule has 7 heteroatoms. The van der Waals surface area contributed by atoms with E-state index < -0.39 is 0 Å². The molecular weight excluding hydrogens is 358 g/mol. The predicted molar refractivity (Wildman–Crippen MR) is 101 cm³/mol. The van der Waals surface area contributed by atoms with Gasteiger partial charge in [0.05, 0.1) is 11.4 Å². The van der Waals surface area contributed by atoms with Gasteiger partial charge in [-0.2, -0.15) is 0 Å². The van der Waals surface area contributed by atoms with Crippen LogP contribution in [0.25, 0.3) is 0 Å². The molecule has 1 aromatic carbocycles. The average molecular weight is 378 g/mol. The van der Waals surface area contributed by atoms with Crippen molar-refractivity contribution in [1.82, 2.24) is 9.80 Å². The van der Waals surface area contributed by atoms with Gasteiger partial charge in [0.25, 0.3) is 5.91 Å². The standard InChI is InChI=1S/C18H20ClN3O2S/c1-13-14(19)4-2-5-15(13)20-17(23)12-21-7-9-22(10-8-21)18(24)16-6-3-11-25-16/h2-6,11H,7-10,12H2,1H3,(H,20,23). The fourth-order valence-corrected chi connectivity index (χ4v) is 3.67. The van der Waals surface area contributed by atoms with Crippen molar-refractivity contribution in [3.8, 4) is 0 Å². The number of piperazine rings is 1. The van der Waals surface area contributed by atoms with Crippen molar-refractivity contribution in [2.75, 3.05) is 38.0 Å². The lowest BCUT2D eigenvalue weighted by atomic mass is 10.2. The molecule has 132 valence electrons. The largest absolute Gasteiger partial charge is 0.335 e. The van der Waals surface area contributed by atoms with Gasteiger partial charge in [0, 0.05) is 36.9 Å². The quantitative estimate of drug-likeness (QED) is 0.890. The Balaban J connectivity index is 1.49. The topological polar surface area (TPSA) is 52.7 Å². The van der Waals surface area contributed by atoms with Crippen molar-refractivity contribution in [1.29, 1.82) is 0 Å². The lowest BCUT2D eigenvalue weighted by Gasteiger charge is -2.34. The number of hydrogen-bond donors (Lipinski definition) is 1. The van der Waals surface area contributed by atoms with Crippen LogP contribution in [0.15, 0.2) is 35.7 Å². The van der Waals surface area contributed by atoms with Crippen molar-refractivity contribution < 1.29 is 9.59 Å². The number of carbonyl (C=O) groups excluding carboxylic acids is 2. The molecule has 0 saturated carbocycles. The highest BCUT2D eigenvalue weighted by atomic mass is 35.5. The summed E-state index contributed by atoms with van der Waals surface area (Å²) in [6, 6.07) is 9.20. The maximum Gasteiger partial charge on any atom is 0.264 e. The lowest BCUT2D eigenvalue weighted by molar-refractivity contribution is -0.117. The Labute approximate surface area is 156 Å². The summed E-state index contributed by atoms with van der Waals surface area (Å²) in [6.45, 7) is 4.86. The van der Waals surface area contributed by atoms with E-state index >= 15 is 0 Å². The van der Waals surface area contributed by atoms with Crippen molar-refractivity contribution in [3.05, 3.63) is 51.2 Å². The Morgan fingerprint density at radius 2 is 1.92 bits per heavy atom. The molecule has 2 amide bonds. The van der Waals surface area contributed by atoms with Gasteiger partial charge in [-0.05, 0) is 36.1 Å². The van der Waals surface area contributed by atoms with Crippen LogP contribution < -0.4 is 5.32 Å². The van der Waals surface area contributed by atoms with Gasteiger partial charge in [-0.15, -0.1) is 11.3 Å². The molecule has 5 nitrogen and oxygen atoms in total. The molecule has 0 bridgehead atoms. The second-order valence-corrected chi connectivity index (χ2v) is 7.36. The van der Waals surface area contributed by atoms with E-state index in [1.54, 1.807) is 6.07 Å². The van der Waals surface area contributed by atoms with Gasteiger partial charge >= 0.3 is 0 Å². The first-order valence-electron chi connectivity index (χ1n) is 8.14. The Kier molecular flexibility index (Phi) is 5.73. The predicted octanol–water partition coefficient (Wildman–Crippen LogP) is 3.11. The monoisotopic (exact) mass is 377 g/mol. The Morgan fingerprint density at radius 3 is 2.60 bits per heavy atom. The number of hydrogen-bond acceptors (Lipinski definition) is 4. The maximum absolute atomic E-state index is 12.3. The summed E-state index contributed by atoms with van der Waals surface area (Å²) in [5, 5.41) is 5.46. The van der Waals surface area contributed by atoms with Crippen LogP contribution >= 0.6 is 22.9 Å². The third-order valence-corrected chi connectivity index (χ3v) is 5.57. The molecular formula is C18H20ClN3O2S. The SMILES string of the molecule is Cc1c(Cl)cccc1NC(=O)CN1CCN(C(=O)c2cccs2)CC1. The summed E-state index contributed by atoms with van der Waals surface area (Å²) < 4.78 is 0. The zero-order valence-corrected chi connectivity index (χ0v) is 15.6. The van der Waals surface area contributed by atoms with Gasteiger partial charge in [-0.3, -0.25) is 14.5 Å². The first-order valence-corrected chi connectivity index (χ1v) is 9.40. The lowest BCUT2D eigenvalue weighted by Crippen LogP contribution is -2.50. The molecule has 2 heterocycles. The van der Waals surface area contributed by atoms with Crippen LogP contribution in [0.3, 0.4) is 0 Å². The van der Waals surface area contributed by atoms with E-state index in [0.29, 0.717) is 37.7 Å². The molecule has 0 aliphatic carbocycles. The Bertz CT molecular complexity index is 756. The molecule has 1 aliphatic rings. The minimum atomic E-state index is -0.0663. The molecule has 1 N–H and O–H groups in total. The molecule has 1 fully saturated rings. The number of benzene rings is 1. The summed E-state index contributed by atoms with van der Waals surface area (Å²) in [5.74, 6) is 0.0112. The highest BCUT2D eigenvalue weighted by Gasteiger charge is 2.23. The number of anilines is 1. The minimum Gasteiger partial charge on any atom is -0.335 e. The first-order chi connectivity index (χ1) is 12.0. The molecule has 0 unspecified atom stereocenters. The van der Waals surface area contributed by atoms with Gasteiger partial charge in [0.2, 0.25) is 5.91 Å². The van der Waals surface area contributed by atoms with Crippen LogP contribution in [0.4, 0.5) is 5.69 Å². The van der Waals surface area contributed by atoms with E-state index in [0.717, 1.165) is 16.1 Å². The van der Waals surface area contributed by atoms with Crippen LogP contribution in [0.5, 0.6) is 0 Å². The number of rotatable bonds is 4. The molecule has 0 radical (unpaired) electrons. The zero-order chi connectivity index (χ0) is 17.8. The molecule has 25 heavy (non-hydrogen) atoms. The van der Waals surface area contributed by atoms with Crippen molar-refractivity contribution in [2.24, 2.45) is 0 Å². The van der Waals surface area contributed by atoms with Crippen LogP contribution in [-0.2, 0) is 4.79 Å². The van der Waals surface area contributed by atoms with E-state index in [4.69, 9.17) is 11.6 Å². The van der Waals surface area contributed by atoms with E-state index in [1.165, 1.54) is 11.3 Å². The summed E-state index contributed by atoms with van der Waals surface area (Å²) in [5.41, 5.74) is 1.60. The molecule has 0 atom stereocenters. The van der Waals surface area contributed by atoms with E-state index in [9.17, 15) is 9.59 Å². The number of amides is 2. The third kappa shape index (κ3) is 4.39. The van der Waals surface area contributed by atoms with Crippen LogP contribution in [0, 0.1) is 6.92 Å². The second-order valence-electron chi connectivity index (χ2n) is 6.01. The number of thiophene rings is 1. The Hall–Kier alpha value is -1.89. The molecule has 1 aromatic heterocycles. The van der Waals surface area contributed by atoms with Crippen molar-refractivity contribution in [2.45, 2.75) is 6.92 Å². The van der Waals surface area contributed by atoms with Crippen LogP contribution in [0.2, 0.25) is 5.02 Å². The Morgan fingerprint density at radius 1 is 1.16 bits per heavy atom.